The van der Waals surface area contributed by atoms with Gasteiger partial charge in [-0.3, -0.25) is 4.79 Å². The lowest BCUT2D eigenvalue weighted by molar-refractivity contribution is 0.0936. The van der Waals surface area contributed by atoms with Gasteiger partial charge in [-0.1, -0.05) is 6.07 Å². The monoisotopic (exact) mass is 298 g/mol. The lowest BCUT2D eigenvalue weighted by atomic mass is 10.1. The van der Waals surface area contributed by atoms with Crippen LogP contribution >= 0.6 is 0 Å². The predicted molar refractivity (Wildman–Crippen MR) is 76.5 cm³/mol. The number of amides is 1. The van der Waals surface area contributed by atoms with Crippen molar-refractivity contribution in [1.82, 2.24) is 5.32 Å². The molecule has 1 heterocycles. The van der Waals surface area contributed by atoms with Crippen molar-refractivity contribution >= 4 is 21.4 Å². The fourth-order valence-electron chi connectivity index (χ4n) is 2.36. The third-order valence-corrected chi connectivity index (χ3v) is 5.12. The van der Waals surface area contributed by atoms with Crippen LogP contribution in [0.5, 0.6) is 5.75 Å². The van der Waals surface area contributed by atoms with Crippen molar-refractivity contribution in [2.24, 2.45) is 0 Å². The van der Waals surface area contributed by atoms with Gasteiger partial charge in [0.05, 0.1) is 18.6 Å². The first-order chi connectivity index (χ1) is 9.43. The number of hydrogen-bond donors (Lipinski definition) is 2. The molecule has 0 radical (unpaired) electrons. The standard InChI is InChI=1S/C13H18N2O4S/c1-19-11-6-2-5-10(14)12(11)13(16)15-9-4-3-7-20(17,18)8-9/h2,5-6,9H,3-4,7-8,14H2,1H3,(H,15,16). The number of nitrogen functional groups attached to an aromatic ring is 1. The Labute approximate surface area is 118 Å². The van der Waals surface area contributed by atoms with Gasteiger partial charge in [0.2, 0.25) is 0 Å². The summed E-state index contributed by atoms with van der Waals surface area (Å²) in [7, 11) is -1.61. The molecular formula is C13H18N2O4S. The Morgan fingerprint density at radius 2 is 2.20 bits per heavy atom. The van der Waals surface area contributed by atoms with E-state index < -0.39 is 15.7 Å². The number of carbonyl (C=O) groups excluding carboxylic acids is 1. The lowest BCUT2D eigenvalue weighted by Crippen LogP contribution is -2.43. The van der Waals surface area contributed by atoms with Crippen LogP contribution in [0.3, 0.4) is 0 Å². The van der Waals surface area contributed by atoms with Crippen LogP contribution in [0.2, 0.25) is 0 Å². The SMILES string of the molecule is COc1cccc(N)c1C(=O)NC1CCCS(=O)(=O)C1. The third-order valence-electron chi connectivity index (χ3n) is 3.30. The number of nitrogens with two attached hydrogens (primary N) is 1. The summed E-state index contributed by atoms with van der Waals surface area (Å²) in [6, 6.07) is 4.57. The number of nitrogens with one attached hydrogen (secondary N) is 1. The van der Waals surface area contributed by atoms with E-state index in [1.165, 1.54) is 7.11 Å². The number of anilines is 1. The van der Waals surface area contributed by atoms with E-state index in [-0.39, 0.29) is 23.1 Å². The molecule has 0 spiro atoms. The van der Waals surface area contributed by atoms with Gasteiger partial charge >= 0.3 is 0 Å². The number of carbonyl (C=O) groups is 1. The van der Waals surface area contributed by atoms with Crippen molar-refractivity contribution in [2.45, 2.75) is 18.9 Å². The summed E-state index contributed by atoms with van der Waals surface area (Å²) >= 11 is 0. The van der Waals surface area contributed by atoms with Gasteiger partial charge in [0.15, 0.2) is 9.84 Å². The maximum atomic E-state index is 12.3. The Hall–Kier alpha value is -1.76. The van der Waals surface area contributed by atoms with Gasteiger partial charge in [0.1, 0.15) is 11.3 Å². The second-order valence-corrected chi connectivity index (χ2v) is 7.08. The summed E-state index contributed by atoms with van der Waals surface area (Å²) in [5, 5.41) is 2.73. The molecule has 1 aromatic carbocycles. The fraction of sp³-hybridized carbons (Fsp3) is 0.462. The van der Waals surface area contributed by atoms with Gasteiger partial charge < -0.3 is 15.8 Å². The predicted octanol–water partition coefficient (Wildman–Crippen LogP) is 0.584. The number of methoxy groups -OCH3 is 1. The maximum absolute atomic E-state index is 12.3. The Kier molecular flexibility index (Phi) is 4.17. The summed E-state index contributed by atoms with van der Waals surface area (Å²) in [5.74, 6) is 0.146. The summed E-state index contributed by atoms with van der Waals surface area (Å²) in [4.78, 5) is 12.3. The topological polar surface area (TPSA) is 98.5 Å². The molecule has 1 aromatic rings. The van der Waals surface area contributed by atoms with Gasteiger partial charge in [-0.2, -0.15) is 0 Å². The van der Waals surface area contributed by atoms with Gasteiger partial charge in [0, 0.05) is 11.7 Å². The minimum atomic E-state index is -3.06. The van der Waals surface area contributed by atoms with Crippen molar-refractivity contribution in [1.29, 1.82) is 0 Å². The zero-order valence-corrected chi connectivity index (χ0v) is 12.1. The summed E-state index contributed by atoms with van der Waals surface area (Å²) in [6.07, 6.45) is 1.22. The fourth-order valence-corrected chi connectivity index (χ4v) is 3.99. The van der Waals surface area contributed by atoms with Crippen molar-refractivity contribution in [3.63, 3.8) is 0 Å². The quantitative estimate of drug-likeness (QED) is 0.796. The summed E-state index contributed by atoms with van der Waals surface area (Å²) < 4.78 is 28.3. The lowest BCUT2D eigenvalue weighted by Gasteiger charge is -2.23. The van der Waals surface area contributed by atoms with Crippen LogP contribution < -0.4 is 15.8 Å². The first-order valence-electron chi connectivity index (χ1n) is 6.37. The molecule has 0 saturated carbocycles. The normalized spacial score (nSPS) is 21.1. The molecule has 1 aliphatic heterocycles. The van der Waals surface area contributed by atoms with Crippen LogP contribution in [0.15, 0.2) is 18.2 Å². The zero-order chi connectivity index (χ0) is 14.8. The summed E-state index contributed by atoms with van der Waals surface area (Å²) in [6.45, 7) is 0. The van der Waals surface area contributed by atoms with E-state index in [0.717, 1.165) is 0 Å². The molecule has 0 bridgehead atoms. The largest absolute Gasteiger partial charge is 0.496 e. The number of hydrogen-bond acceptors (Lipinski definition) is 5. The molecule has 1 aliphatic rings. The smallest absolute Gasteiger partial charge is 0.257 e. The molecule has 1 unspecified atom stereocenters. The Morgan fingerprint density at radius 1 is 1.45 bits per heavy atom. The molecule has 1 saturated heterocycles. The molecule has 0 aliphatic carbocycles. The second-order valence-electron chi connectivity index (χ2n) is 4.85. The van der Waals surface area contributed by atoms with E-state index in [9.17, 15) is 13.2 Å². The molecule has 110 valence electrons. The highest BCUT2D eigenvalue weighted by molar-refractivity contribution is 7.91. The number of benzene rings is 1. The molecule has 20 heavy (non-hydrogen) atoms. The van der Waals surface area contributed by atoms with Crippen molar-refractivity contribution < 1.29 is 17.9 Å². The summed E-state index contributed by atoms with van der Waals surface area (Å²) in [5.41, 5.74) is 6.35. The Balaban J connectivity index is 2.17. The molecule has 7 heteroatoms. The van der Waals surface area contributed by atoms with Crippen molar-refractivity contribution in [2.75, 3.05) is 24.3 Å². The highest BCUT2D eigenvalue weighted by Gasteiger charge is 2.27. The van der Waals surface area contributed by atoms with Gasteiger partial charge in [0.25, 0.3) is 5.91 Å². The molecule has 2 rings (SSSR count). The minimum Gasteiger partial charge on any atom is -0.496 e. The maximum Gasteiger partial charge on any atom is 0.257 e. The Bertz CT molecular complexity index is 613. The Morgan fingerprint density at radius 3 is 2.85 bits per heavy atom. The average molecular weight is 298 g/mol. The van der Waals surface area contributed by atoms with Crippen LogP contribution in [-0.4, -0.2) is 39.0 Å². The molecule has 1 amide bonds. The van der Waals surface area contributed by atoms with Crippen molar-refractivity contribution in [3.05, 3.63) is 23.8 Å². The molecule has 3 N–H and O–H groups in total. The first-order valence-corrected chi connectivity index (χ1v) is 8.19. The highest BCUT2D eigenvalue weighted by Crippen LogP contribution is 2.24. The van der Waals surface area contributed by atoms with E-state index in [4.69, 9.17) is 10.5 Å². The number of ether oxygens (including phenoxy) is 1. The first kappa shape index (κ1) is 14.6. The van der Waals surface area contributed by atoms with E-state index in [1.807, 2.05) is 0 Å². The molecule has 0 aromatic heterocycles. The molecule has 6 nitrogen and oxygen atoms in total. The number of sulfone groups is 1. The zero-order valence-electron chi connectivity index (χ0n) is 11.3. The minimum absolute atomic E-state index is 0.0200. The van der Waals surface area contributed by atoms with Crippen molar-refractivity contribution in [3.8, 4) is 5.75 Å². The van der Waals surface area contributed by atoms with Gasteiger partial charge in [-0.05, 0) is 25.0 Å². The van der Waals surface area contributed by atoms with Gasteiger partial charge in [-0.25, -0.2) is 8.42 Å². The van der Waals surface area contributed by atoms with E-state index in [0.29, 0.717) is 24.3 Å². The van der Waals surface area contributed by atoms with E-state index in [2.05, 4.69) is 5.32 Å². The third kappa shape index (κ3) is 3.22. The molecule has 1 fully saturated rings. The van der Waals surface area contributed by atoms with Crippen LogP contribution in [0.4, 0.5) is 5.69 Å². The highest BCUT2D eigenvalue weighted by atomic mass is 32.2. The van der Waals surface area contributed by atoms with Crippen LogP contribution in [0.1, 0.15) is 23.2 Å². The van der Waals surface area contributed by atoms with Crippen LogP contribution in [0, 0.1) is 0 Å². The molecular weight excluding hydrogens is 280 g/mol. The van der Waals surface area contributed by atoms with Crippen LogP contribution in [0.25, 0.3) is 0 Å². The number of rotatable bonds is 3. The second kappa shape index (κ2) is 5.70. The molecule has 1 atom stereocenters. The van der Waals surface area contributed by atoms with E-state index in [1.54, 1.807) is 18.2 Å². The van der Waals surface area contributed by atoms with Crippen LogP contribution in [-0.2, 0) is 9.84 Å². The average Bonchev–Trinajstić information content (AvgIpc) is 2.36. The van der Waals surface area contributed by atoms with Gasteiger partial charge in [-0.15, -0.1) is 0 Å². The van der Waals surface area contributed by atoms with E-state index >= 15 is 0 Å².